The Morgan fingerprint density at radius 2 is 2.28 bits per heavy atom. The third kappa shape index (κ3) is 2.51. The van der Waals surface area contributed by atoms with Crippen LogP contribution in [0.25, 0.3) is 6.08 Å². The van der Waals surface area contributed by atoms with Crippen LogP contribution in [0.15, 0.2) is 30.0 Å². The second-order valence-corrected chi connectivity index (χ2v) is 4.43. The van der Waals surface area contributed by atoms with E-state index in [1.54, 1.807) is 29.2 Å². The van der Waals surface area contributed by atoms with Crippen molar-refractivity contribution in [1.82, 2.24) is 10.2 Å². The molecule has 94 valence electrons. The Hall–Kier alpha value is -1.88. The molecular weight excluding hydrogens is 248 g/mol. The van der Waals surface area contributed by atoms with E-state index in [-0.39, 0.29) is 11.7 Å². The minimum Gasteiger partial charge on any atom is -0.508 e. The van der Waals surface area contributed by atoms with Crippen LogP contribution in [0.4, 0.5) is 0 Å². The largest absolute Gasteiger partial charge is 0.508 e. The molecule has 1 saturated heterocycles. The van der Waals surface area contributed by atoms with Crippen molar-refractivity contribution in [3.63, 3.8) is 0 Å². The predicted molar refractivity (Wildman–Crippen MR) is 73.8 cm³/mol. The molecule has 0 aromatic heterocycles. The van der Waals surface area contributed by atoms with Crippen molar-refractivity contribution in [2.45, 2.75) is 13.3 Å². The van der Waals surface area contributed by atoms with Crippen molar-refractivity contribution < 1.29 is 9.90 Å². The van der Waals surface area contributed by atoms with Crippen LogP contribution in [-0.2, 0) is 4.79 Å². The molecule has 0 unspecified atom stereocenters. The van der Waals surface area contributed by atoms with Gasteiger partial charge in [-0.2, -0.15) is 0 Å². The van der Waals surface area contributed by atoms with Crippen molar-refractivity contribution >= 4 is 29.3 Å². The molecule has 1 fully saturated rings. The van der Waals surface area contributed by atoms with Gasteiger partial charge in [0.15, 0.2) is 5.11 Å². The van der Waals surface area contributed by atoms with E-state index in [1.165, 1.54) is 0 Å². The number of phenolic OH excluding ortho intramolecular Hbond substituents is 1. The smallest absolute Gasteiger partial charge is 0.276 e. The van der Waals surface area contributed by atoms with Gasteiger partial charge in [0.2, 0.25) is 0 Å². The van der Waals surface area contributed by atoms with E-state index >= 15 is 0 Å². The number of hydrogen-bond acceptors (Lipinski definition) is 3. The summed E-state index contributed by atoms with van der Waals surface area (Å²) in [6.45, 7) is 2.61. The molecule has 4 nitrogen and oxygen atoms in total. The molecule has 1 heterocycles. The number of thiocarbonyl (C=S) groups is 1. The molecule has 0 aliphatic carbocycles. The number of nitrogens with one attached hydrogen (secondary N) is 1. The zero-order valence-corrected chi connectivity index (χ0v) is 10.8. The number of aromatic hydroxyl groups is 1. The van der Waals surface area contributed by atoms with E-state index < -0.39 is 0 Å². The highest BCUT2D eigenvalue weighted by Gasteiger charge is 2.29. The summed E-state index contributed by atoms with van der Waals surface area (Å²) in [6, 6.07) is 6.71. The minimum atomic E-state index is -0.120. The molecule has 0 radical (unpaired) electrons. The predicted octanol–water partition coefficient (Wildman–Crippen LogP) is 1.86. The maximum Gasteiger partial charge on any atom is 0.276 e. The van der Waals surface area contributed by atoms with Gasteiger partial charge in [0.05, 0.1) is 0 Å². The zero-order valence-electron chi connectivity index (χ0n) is 10.0. The van der Waals surface area contributed by atoms with Gasteiger partial charge in [0, 0.05) is 6.54 Å². The topological polar surface area (TPSA) is 52.6 Å². The Labute approximate surface area is 111 Å². The molecule has 1 aliphatic rings. The second kappa shape index (κ2) is 5.18. The van der Waals surface area contributed by atoms with Crippen molar-refractivity contribution in [3.8, 4) is 5.75 Å². The van der Waals surface area contributed by atoms with E-state index in [9.17, 15) is 9.90 Å². The van der Waals surface area contributed by atoms with Crippen LogP contribution < -0.4 is 5.32 Å². The van der Waals surface area contributed by atoms with Crippen molar-refractivity contribution in [2.24, 2.45) is 0 Å². The summed E-state index contributed by atoms with van der Waals surface area (Å²) < 4.78 is 0. The molecule has 0 atom stereocenters. The molecule has 1 aromatic carbocycles. The fourth-order valence-corrected chi connectivity index (χ4v) is 2.06. The summed E-state index contributed by atoms with van der Waals surface area (Å²) in [5.41, 5.74) is 1.20. The second-order valence-electron chi connectivity index (χ2n) is 4.04. The third-order valence-corrected chi connectivity index (χ3v) is 2.91. The van der Waals surface area contributed by atoms with Crippen LogP contribution in [0.2, 0.25) is 0 Å². The van der Waals surface area contributed by atoms with Crippen LogP contribution in [0.1, 0.15) is 18.9 Å². The molecule has 0 bridgehead atoms. The fraction of sp³-hybridized carbons (Fsp3) is 0.231. The first kappa shape index (κ1) is 12.6. The summed E-state index contributed by atoms with van der Waals surface area (Å²) in [5, 5.41) is 12.7. The van der Waals surface area contributed by atoms with E-state index in [2.05, 4.69) is 5.32 Å². The lowest BCUT2D eigenvalue weighted by atomic mass is 10.2. The Balaban J connectivity index is 2.25. The quantitative estimate of drug-likeness (QED) is 0.645. The molecular formula is C13H14N2O2S. The fourth-order valence-electron chi connectivity index (χ4n) is 1.78. The Kier molecular flexibility index (Phi) is 3.62. The average molecular weight is 262 g/mol. The van der Waals surface area contributed by atoms with Gasteiger partial charge in [-0.25, -0.2) is 0 Å². The number of rotatable bonds is 3. The highest BCUT2D eigenvalue weighted by Crippen LogP contribution is 2.17. The molecule has 5 heteroatoms. The highest BCUT2D eigenvalue weighted by atomic mass is 32.1. The first-order valence-corrected chi connectivity index (χ1v) is 6.16. The summed E-state index contributed by atoms with van der Waals surface area (Å²) in [6.07, 6.45) is 2.54. The zero-order chi connectivity index (χ0) is 13.1. The van der Waals surface area contributed by atoms with Gasteiger partial charge in [0.25, 0.3) is 5.91 Å². The van der Waals surface area contributed by atoms with Crippen LogP contribution in [0.5, 0.6) is 5.75 Å². The van der Waals surface area contributed by atoms with Gasteiger partial charge in [-0.1, -0.05) is 19.1 Å². The summed E-state index contributed by atoms with van der Waals surface area (Å²) in [5.74, 6) is 0.0491. The average Bonchev–Trinajstić information content (AvgIpc) is 2.57. The van der Waals surface area contributed by atoms with Gasteiger partial charge in [-0.05, 0) is 42.4 Å². The van der Waals surface area contributed by atoms with Crippen molar-refractivity contribution in [1.29, 1.82) is 0 Å². The van der Waals surface area contributed by atoms with Crippen molar-refractivity contribution in [2.75, 3.05) is 6.54 Å². The Morgan fingerprint density at radius 3 is 2.94 bits per heavy atom. The first-order valence-electron chi connectivity index (χ1n) is 5.75. The molecule has 1 amide bonds. The van der Waals surface area contributed by atoms with Gasteiger partial charge >= 0.3 is 0 Å². The monoisotopic (exact) mass is 262 g/mol. The standard InChI is InChI=1S/C13H14N2O2S/c1-2-6-15-12(17)11(14-13(15)18)8-9-4-3-5-10(16)7-9/h3-5,7-8,16H,2,6H2,1H3,(H,14,18)/b11-8+. The Bertz CT molecular complexity index is 525. The summed E-state index contributed by atoms with van der Waals surface area (Å²) >= 11 is 5.11. The SMILES string of the molecule is CCCN1C(=O)/C(=C\c2cccc(O)c2)NC1=S. The number of benzene rings is 1. The van der Waals surface area contributed by atoms with Crippen LogP contribution in [0, 0.1) is 0 Å². The van der Waals surface area contributed by atoms with Gasteiger partial charge in [-0.3, -0.25) is 9.69 Å². The lowest BCUT2D eigenvalue weighted by Gasteiger charge is -2.11. The first-order chi connectivity index (χ1) is 8.61. The summed E-state index contributed by atoms with van der Waals surface area (Å²) in [7, 11) is 0. The lowest BCUT2D eigenvalue weighted by molar-refractivity contribution is -0.122. The number of nitrogens with zero attached hydrogens (tertiary/aromatic N) is 1. The maximum absolute atomic E-state index is 12.0. The van der Waals surface area contributed by atoms with E-state index in [4.69, 9.17) is 12.2 Å². The molecule has 2 rings (SSSR count). The van der Waals surface area contributed by atoms with E-state index in [0.717, 1.165) is 12.0 Å². The number of phenols is 1. The van der Waals surface area contributed by atoms with E-state index in [1.807, 2.05) is 13.0 Å². The normalized spacial score (nSPS) is 17.4. The van der Waals surface area contributed by atoms with Crippen LogP contribution in [-0.4, -0.2) is 27.6 Å². The van der Waals surface area contributed by atoms with Gasteiger partial charge < -0.3 is 10.4 Å². The molecule has 2 N–H and O–H groups in total. The van der Waals surface area contributed by atoms with Gasteiger partial charge in [-0.15, -0.1) is 0 Å². The number of carbonyl (C=O) groups is 1. The molecule has 0 spiro atoms. The third-order valence-electron chi connectivity index (χ3n) is 2.59. The molecule has 1 aromatic rings. The maximum atomic E-state index is 12.0. The molecule has 18 heavy (non-hydrogen) atoms. The van der Waals surface area contributed by atoms with Crippen molar-refractivity contribution in [3.05, 3.63) is 35.5 Å². The van der Waals surface area contributed by atoms with Gasteiger partial charge in [0.1, 0.15) is 11.4 Å². The Morgan fingerprint density at radius 1 is 1.50 bits per heavy atom. The number of hydrogen-bond donors (Lipinski definition) is 2. The number of amides is 1. The highest BCUT2D eigenvalue weighted by molar-refractivity contribution is 7.80. The summed E-state index contributed by atoms with van der Waals surface area (Å²) in [4.78, 5) is 13.6. The van der Waals surface area contributed by atoms with E-state index in [0.29, 0.717) is 17.4 Å². The lowest BCUT2D eigenvalue weighted by Crippen LogP contribution is -2.31. The molecule has 0 saturated carbocycles. The number of carbonyl (C=O) groups excluding carboxylic acids is 1. The van der Waals surface area contributed by atoms with Crippen LogP contribution >= 0.6 is 12.2 Å². The molecule has 1 aliphatic heterocycles. The van der Waals surface area contributed by atoms with Crippen LogP contribution in [0.3, 0.4) is 0 Å². The minimum absolute atomic E-state index is 0.120.